The molecular weight excluding hydrogens is 345 g/mol. The lowest BCUT2D eigenvalue weighted by Crippen LogP contribution is -2.27. The number of nitrogens with zero attached hydrogens (tertiary/aromatic N) is 6. The maximum Gasteiger partial charge on any atom is 0.191 e. The second-order valence-corrected chi connectivity index (χ2v) is 7.20. The van der Waals surface area contributed by atoms with E-state index in [4.69, 9.17) is 0 Å². The third kappa shape index (κ3) is 2.76. The van der Waals surface area contributed by atoms with Crippen molar-refractivity contribution in [1.82, 2.24) is 34.5 Å². The molecule has 5 heterocycles. The summed E-state index contributed by atoms with van der Waals surface area (Å²) in [6.07, 6.45) is 5.62. The van der Waals surface area contributed by atoms with Gasteiger partial charge in [-0.1, -0.05) is 0 Å². The van der Waals surface area contributed by atoms with E-state index >= 15 is 0 Å². The highest BCUT2D eigenvalue weighted by Gasteiger charge is 2.21. The smallest absolute Gasteiger partial charge is 0.191 e. The topological polar surface area (TPSA) is 72.4 Å². The number of rotatable bonds is 2. The number of aromatic nitrogens is 6. The number of hydrogen-bond donors (Lipinski definition) is 1. The molecule has 0 spiro atoms. The Morgan fingerprint density at radius 1 is 1.00 bits per heavy atom. The fraction of sp³-hybridized carbons (Fsp3) is 0.368. The van der Waals surface area contributed by atoms with E-state index in [0.717, 1.165) is 48.7 Å². The Labute approximate surface area is 155 Å². The molecule has 27 heavy (non-hydrogen) atoms. The summed E-state index contributed by atoms with van der Waals surface area (Å²) < 4.78 is 18.0. The Kier molecular flexibility index (Phi) is 3.68. The molecule has 1 saturated heterocycles. The number of nitrogens with one attached hydrogen (secondary N) is 1. The van der Waals surface area contributed by atoms with Gasteiger partial charge >= 0.3 is 0 Å². The third-order valence-electron chi connectivity index (χ3n) is 5.13. The summed E-state index contributed by atoms with van der Waals surface area (Å²) in [7, 11) is 0. The van der Waals surface area contributed by atoms with Gasteiger partial charge in [0.2, 0.25) is 0 Å². The molecule has 1 aliphatic rings. The van der Waals surface area contributed by atoms with Gasteiger partial charge in [0, 0.05) is 17.7 Å². The molecule has 0 atom stereocenters. The Morgan fingerprint density at radius 3 is 2.59 bits per heavy atom. The number of aryl methyl sites for hydroxylation is 2. The minimum atomic E-state index is -0.387. The van der Waals surface area contributed by atoms with Gasteiger partial charge in [0.1, 0.15) is 0 Å². The van der Waals surface area contributed by atoms with Crippen LogP contribution < -0.4 is 5.32 Å². The van der Waals surface area contributed by atoms with Gasteiger partial charge < -0.3 is 5.32 Å². The second-order valence-electron chi connectivity index (χ2n) is 7.20. The van der Waals surface area contributed by atoms with E-state index < -0.39 is 0 Å². The van der Waals surface area contributed by atoms with Gasteiger partial charge in [-0.25, -0.2) is 23.4 Å². The minimum absolute atomic E-state index is 0.267. The van der Waals surface area contributed by atoms with E-state index in [1.807, 2.05) is 26.1 Å². The van der Waals surface area contributed by atoms with E-state index in [9.17, 15) is 4.39 Å². The van der Waals surface area contributed by atoms with Crippen LogP contribution in [0.3, 0.4) is 0 Å². The zero-order chi connectivity index (χ0) is 18.5. The molecule has 4 aromatic rings. The number of pyridine rings is 1. The first-order valence-corrected chi connectivity index (χ1v) is 9.19. The van der Waals surface area contributed by atoms with Gasteiger partial charge in [0.05, 0.1) is 17.6 Å². The van der Waals surface area contributed by atoms with Crippen LogP contribution in [0.5, 0.6) is 0 Å². The predicted molar refractivity (Wildman–Crippen MR) is 99.2 cm³/mol. The summed E-state index contributed by atoms with van der Waals surface area (Å²) in [4.78, 5) is 8.92. The summed E-state index contributed by atoms with van der Waals surface area (Å²) in [5, 5.41) is 12.5. The summed E-state index contributed by atoms with van der Waals surface area (Å²) in [6.45, 7) is 5.80. The number of fused-ring (bicyclic) bond motifs is 2. The second kappa shape index (κ2) is 6.09. The van der Waals surface area contributed by atoms with E-state index in [1.54, 1.807) is 15.2 Å². The molecule has 1 fully saturated rings. The Hall–Kier alpha value is -2.87. The summed E-state index contributed by atoms with van der Waals surface area (Å²) in [5.41, 5.74) is 4.31. The van der Waals surface area contributed by atoms with Crippen molar-refractivity contribution in [2.24, 2.45) is 0 Å². The Balaban J connectivity index is 1.61. The molecule has 0 amide bonds. The van der Waals surface area contributed by atoms with Crippen molar-refractivity contribution in [3.8, 4) is 11.3 Å². The van der Waals surface area contributed by atoms with Crippen molar-refractivity contribution < 1.29 is 4.39 Å². The molecule has 8 heteroatoms. The van der Waals surface area contributed by atoms with Crippen LogP contribution in [0, 0.1) is 19.7 Å². The highest BCUT2D eigenvalue weighted by molar-refractivity contribution is 5.64. The van der Waals surface area contributed by atoms with E-state index in [1.165, 1.54) is 6.07 Å². The van der Waals surface area contributed by atoms with Gasteiger partial charge in [-0.15, -0.1) is 0 Å². The first-order valence-electron chi connectivity index (χ1n) is 9.19. The molecule has 0 aromatic carbocycles. The predicted octanol–water partition coefficient (Wildman–Crippen LogP) is 2.66. The quantitative estimate of drug-likeness (QED) is 0.591. The molecule has 7 nitrogen and oxygen atoms in total. The molecule has 1 N–H and O–H groups in total. The van der Waals surface area contributed by atoms with Crippen molar-refractivity contribution in [1.29, 1.82) is 0 Å². The van der Waals surface area contributed by atoms with Gasteiger partial charge in [-0.2, -0.15) is 10.2 Å². The Morgan fingerprint density at radius 2 is 1.78 bits per heavy atom. The molecule has 0 saturated carbocycles. The van der Waals surface area contributed by atoms with E-state index in [-0.39, 0.29) is 17.4 Å². The molecule has 0 bridgehead atoms. The summed E-state index contributed by atoms with van der Waals surface area (Å²) in [6, 6.07) is 3.40. The fourth-order valence-electron chi connectivity index (χ4n) is 3.74. The van der Waals surface area contributed by atoms with Crippen LogP contribution in [-0.2, 0) is 0 Å². The summed E-state index contributed by atoms with van der Waals surface area (Å²) in [5.74, 6) is 0.610. The van der Waals surface area contributed by atoms with Crippen LogP contribution >= 0.6 is 0 Å². The zero-order valence-electron chi connectivity index (χ0n) is 15.3. The monoisotopic (exact) mass is 365 g/mol. The van der Waals surface area contributed by atoms with Crippen molar-refractivity contribution in [2.45, 2.75) is 32.6 Å². The molecule has 5 rings (SSSR count). The van der Waals surface area contributed by atoms with Crippen molar-refractivity contribution >= 4 is 11.3 Å². The maximum atomic E-state index is 14.7. The highest BCUT2D eigenvalue weighted by atomic mass is 19.1. The average Bonchev–Trinajstić information content (AvgIpc) is 3.26. The lowest BCUT2D eigenvalue weighted by atomic mass is 9.98. The number of piperidine rings is 1. The van der Waals surface area contributed by atoms with Gasteiger partial charge in [0.15, 0.2) is 22.9 Å². The molecule has 0 unspecified atom stereocenters. The SMILES string of the molecule is Cc1cn2nc(-c3cc(F)c4nc(C5CCNCC5)nn4c3)cc(C)c2n1. The third-order valence-corrected chi connectivity index (χ3v) is 5.13. The molecule has 1 aliphatic heterocycles. The van der Waals surface area contributed by atoms with E-state index in [0.29, 0.717) is 11.3 Å². The van der Waals surface area contributed by atoms with Crippen molar-refractivity contribution in [3.05, 3.63) is 47.4 Å². The largest absolute Gasteiger partial charge is 0.317 e. The molecule has 0 radical (unpaired) electrons. The van der Waals surface area contributed by atoms with Crippen LogP contribution in [0.15, 0.2) is 24.5 Å². The Bertz CT molecular complexity index is 1150. The van der Waals surface area contributed by atoms with Gasteiger partial charge in [-0.3, -0.25) is 0 Å². The van der Waals surface area contributed by atoms with Crippen LogP contribution in [0.1, 0.15) is 35.8 Å². The lowest BCUT2D eigenvalue weighted by Gasteiger charge is -2.19. The molecular formula is C19H20FN7. The molecule has 0 aliphatic carbocycles. The van der Waals surface area contributed by atoms with Crippen LogP contribution in [0.4, 0.5) is 4.39 Å². The van der Waals surface area contributed by atoms with E-state index in [2.05, 4.69) is 25.5 Å². The minimum Gasteiger partial charge on any atom is -0.317 e. The van der Waals surface area contributed by atoms with Crippen LogP contribution in [0.25, 0.3) is 22.6 Å². The first-order chi connectivity index (χ1) is 13.1. The van der Waals surface area contributed by atoms with Gasteiger partial charge in [-0.05, 0) is 57.5 Å². The van der Waals surface area contributed by atoms with Crippen LogP contribution in [0.2, 0.25) is 0 Å². The zero-order valence-corrected chi connectivity index (χ0v) is 15.3. The normalized spacial score (nSPS) is 15.8. The average molecular weight is 365 g/mol. The molecule has 138 valence electrons. The maximum absolute atomic E-state index is 14.7. The number of halogens is 1. The molecule has 4 aromatic heterocycles. The van der Waals surface area contributed by atoms with Crippen molar-refractivity contribution in [2.75, 3.05) is 13.1 Å². The van der Waals surface area contributed by atoms with Crippen LogP contribution in [-0.4, -0.2) is 42.3 Å². The standard InChI is InChI=1S/C19H20FN7/c1-11-7-16(24-26-9-12(2)22-18(11)26)14-8-15(20)19-23-17(25-27(19)10-14)13-3-5-21-6-4-13/h7-10,13,21H,3-6H2,1-2H3. The van der Waals surface area contributed by atoms with Crippen molar-refractivity contribution in [3.63, 3.8) is 0 Å². The fourth-order valence-corrected chi connectivity index (χ4v) is 3.74. The first kappa shape index (κ1) is 16.3. The summed E-state index contributed by atoms with van der Waals surface area (Å²) >= 11 is 0. The number of imidazole rings is 1. The lowest BCUT2D eigenvalue weighted by molar-refractivity contribution is 0.445. The van der Waals surface area contributed by atoms with Gasteiger partial charge in [0.25, 0.3) is 0 Å². The highest BCUT2D eigenvalue weighted by Crippen LogP contribution is 2.26. The number of hydrogen-bond acceptors (Lipinski definition) is 5.